The van der Waals surface area contributed by atoms with Crippen molar-refractivity contribution in [1.82, 2.24) is 0 Å². The molecule has 0 unspecified atom stereocenters. The monoisotopic (exact) mass is 307 g/mol. The van der Waals surface area contributed by atoms with E-state index in [9.17, 15) is 15.1 Å². The number of aromatic hydroxyl groups is 1. The number of aryl methyl sites for hydroxylation is 1. The number of amides is 1. The highest BCUT2D eigenvalue weighted by Crippen LogP contribution is 2.40. The topological polar surface area (TPSA) is 93.9 Å². The molecule has 6 heteroatoms. The minimum Gasteiger partial charge on any atom is -0.508 e. The first-order valence-electron chi connectivity index (χ1n) is 7.08. The van der Waals surface area contributed by atoms with E-state index in [-0.39, 0.29) is 17.4 Å². The number of anilines is 2. The van der Waals surface area contributed by atoms with Gasteiger partial charge in [0.05, 0.1) is 11.3 Å². The summed E-state index contributed by atoms with van der Waals surface area (Å²) in [6.07, 6.45) is 0. The first kappa shape index (κ1) is 13.4. The molecule has 6 nitrogen and oxygen atoms in total. The van der Waals surface area contributed by atoms with Crippen LogP contribution in [0.2, 0.25) is 0 Å². The molecule has 114 valence electrons. The van der Waals surface area contributed by atoms with Crippen molar-refractivity contribution in [2.45, 2.75) is 6.92 Å². The lowest BCUT2D eigenvalue weighted by Crippen LogP contribution is -2.12. The lowest BCUT2D eigenvalue weighted by atomic mass is 10.00. The molecule has 2 heterocycles. The third-order valence-corrected chi connectivity index (χ3v) is 4.02. The number of carbonyl (C=O) groups excluding carboxylic acids is 1. The van der Waals surface area contributed by atoms with E-state index in [0.717, 1.165) is 16.8 Å². The maximum Gasteiger partial charge on any atom is 0.258 e. The molecule has 2 aromatic rings. The van der Waals surface area contributed by atoms with Gasteiger partial charge in [0.25, 0.3) is 5.91 Å². The number of phenols is 1. The summed E-state index contributed by atoms with van der Waals surface area (Å²) in [5, 5.41) is 28.3. The van der Waals surface area contributed by atoms with Crippen LogP contribution in [0, 0.1) is 6.92 Å². The number of nitrogens with zero attached hydrogens (tertiary/aromatic N) is 1. The molecule has 1 amide bonds. The third kappa shape index (κ3) is 1.88. The number of hydrogen-bond acceptors (Lipinski definition) is 5. The Kier molecular flexibility index (Phi) is 2.68. The van der Waals surface area contributed by atoms with Crippen molar-refractivity contribution < 1.29 is 15.1 Å². The molecular weight excluding hydrogens is 294 g/mol. The van der Waals surface area contributed by atoms with E-state index in [0.29, 0.717) is 22.5 Å². The fourth-order valence-electron chi connectivity index (χ4n) is 2.98. The molecule has 0 fully saturated rings. The van der Waals surface area contributed by atoms with Crippen LogP contribution < -0.4 is 10.6 Å². The van der Waals surface area contributed by atoms with Gasteiger partial charge in [-0.2, -0.15) is 0 Å². The molecule has 0 aromatic heterocycles. The Morgan fingerprint density at radius 1 is 1.00 bits per heavy atom. The molecule has 2 aliphatic rings. The Balaban J connectivity index is 1.96. The number of rotatable bonds is 0. The predicted octanol–water partition coefficient (Wildman–Crippen LogP) is 2.67. The van der Waals surface area contributed by atoms with Crippen LogP contribution in [0.1, 0.15) is 16.7 Å². The smallest absolute Gasteiger partial charge is 0.258 e. The van der Waals surface area contributed by atoms with Crippen LogP contribution >= 0.6 is 0 Å². The number of benzene rings is 2. The van der Waals surface area contributed by atoms with Gasteiger partial charge in [-0.3, -0.25) is 4.79 Å². The van der Waals surface area contributed by atoms with Crippen molar-refractivity contribution in [1.29, 1.82) is 0 Å². The van der Waals surface area contributed by atoms with E-state index in [1.807, 2.05) is 25.1 Å². The SMILES string of the molecule is Cc1ccc2c(c1)/C(=C1/Nc3ccc(O)cc3/C1=N\O)C(=O)N2. The van der Waals surface area contributed by atoms with Crippen LogP contribution in [0.5, 0.6) is 5.75 Å². The zero-order valence-corrected chi connectivity index (χ0v) is 12.2. The highest BCUT2D eigenvalue weighted by atomic mass is 16.4. The maximum atomic E-state index is 12.4. The van der Waals surface area contributed by atoms with Gasteiger partial charge in [0, 0.05) is 22.5 Å². The van der Waals surface area contributed by atoms with Crippen molar-refractivity contribution in [3.63, 3.8) is 0 Å². The van der Waals surface area contributed by atoms with Crippen LogP contribution in [0.15, 0.2) is 47.3 Å². The summed E-state index contributed by atoms with van der Waals surface area (Å²) >= 11 is 0. The average molecular weight is 307 g/mol. The molecule has 0 saturated carbocycles. The van der Waals surface area contributed by atoms with Crippen LogP contribution in [0.25, 0.3) is 5.57 Å². The summed E-state index contributed by atoms with van der Waals surface area (Å²) in [5.41, 5.74) is 4.80. The van der Waals surface area contributed by atoms with Crippen LogP contribution in [0.3, 0.4) is 0 Å². The molecule has 4 rings (SSSR count). The van der Waals surface area contributed by atoms with E-state index in [1.165, 1.54) is 12.1 Å². The second kappa shape index (κ2) is 4.61. The quantitative estimate of drug-likeness (QED) is 0.260. The molecule has 0 bridgehead atoms. The maximum absolute atomic E-state index is 12.4. The summed E-state index contributed by atoms with van der Waals surface area (Å²) in [5.74, 6) is -0.198. The summed E-state index contributed by atoms with van der Waals surface area (Å²) in [6, 6.07) is 10.4. The minimum atomic E-state index is -0.258. The van der Waals surface area contributed by atoms with Gasteiger partial charge in [0.1, 0.15) is 11.5 Å². The Morgan fingerprint density at radius 2 is 1.74 bits per heavy atom. The number of hydrogen-bond donors (Lipinski definition) is 4. The molecule has 2 aliphatic heterocycles. The van der Waals surface area contributed by atoms with E-state index < -0.39 is 0 Å². The van der Waals surface area contributed by atoms with Gasteiger partial charge >= 0.3 is 0 Å². The minimum absolute atomic E-state index is 0.0602. The molecule has 0 spiro atoms. The predicted molar refractivity (Wildman–Crippen MR) is 86.8 cm³/mol. The fraction of sp³-hybridized carbons (Fsp3) is 0.0588. The molecule has 4 N–H and O–H groups in total. The number of fused-ring (bicyclic) bond motifs is 2. The van der Waals surface area contributed by atoms with Gasteiger partial charge in [-0.15, -0.1) is 0 Å². The Labute approximate surface area is 131 Å². The summed E-state index contributed by atoms with van der Waals surface area (Å²) in [4.78, 5) is 12.4. The number of oxime groups is 1. The van der Waals surface area contributed by atoms with E-state index in [1.54, 1.807) is 6.07 Å². The van der Waals surface area contributed by atoms with Crippen LogP contribution in [-0.2, 0) is 4.79 Å². The van der Waals surface area contributed by atoms with Gasteiger partial charge in [-0.25, -0.2) is 0 Å². The third-order valence-electron chi connectivity index (χ3n) is 4.02. The Bertz CT molecular complexity index is 929. The molecule has 0 radical (unpaired) electrons. The summed E-state index contributed by atoms with van der Waals surface area (Å²) in [7, 11) is 0. The summed E-state index contributed by atoms with van der Waals surface area (Å²) in [6.45, 7) is 1.95. The van der Waals surface area contributed by atoms with E-state index in [2.05, 4.69) is 15.8 Å². The van der Waals surface area contributed by atoms with E-state index >= 15 is 0 Å². The fourth-order valence-corrected chi connectivity index (χ4v) is 2.98. The average Bonchev–Trinajstić information content (AvgIpc) is 3.02. The van der Waals surface area contributed by atoms with Crippen molar-refractivity contribution in [2.75, 3.05) is 10.6 Å². The number of nitrogens with one attached hydrogen (secondary N) is 2. The standard InChI is InChI=1S/C17H13N3O3/c1-8-2-4-12-10(6-8)14(17(22)19-12)16-15(20-23)11-7-9(21)3-5-13(11)18-16/h2-7,18,21,23H,1H3,(H,19,22)/b16-14-,20-15+. The highest BCUT2D eigenvalue weighted by molar-refractivity contribution is 6.39. The normalized spacial score (nSPS) is 20.2. The zero-order chi connectivity index (χ0) is 16.1. The second-order valence-electron chi connectivity index (χ2n) is 5.56. The highest BCUT2D eigenvalue weighted by Gasteiger charge is 2.34. The number of allylic oxidation sites excluding steroid dienone is 1. The van der Waals surface area contributed by atoms with Gasteiger partial charge < -0.3 is 20.9 Å². The molecule has 0 atom stereocenters. The van der Waals surface area contributed by atoms with Gasteiger partial charge in [0.2, 0.25) is 0 Å². The second-order valence-corrected chi connectivity index (χ2v) is 5.56. The van der Waals surface area contributed by atoms with Gasteiger partial charge in [-0.1, -0.05) is 16.8 Å². The zero-order valence-electron chi connectivity index (χ0n) is 12.2. The summed E-state index contributed by atoms with van der Waals surface area (Å²) < 4.78 is 0. The Hall–Kier alpha value is -3.28. The number of phenolic OH excluding ortho intramolecular Hbond substituents is 1. The van der Waals surface area contributed by atoms with Gasteiger partial charge in [-0.05, 0) is 37.3 Å². The van der Waals surface area contributed by atoms with Crippen LogP contribution in [-0.4, -0.2) is 21.9 Å². The largest absolute Gasteiger partial charge is 0.508 e. The van der Waals surface area contributed by atoms with E-state index in [4.69, 9.17) is 0 Å². The molecule has 23 heavy (non-hydrogen) atoms. The van der Waals surface area contributed by atoms with Crippen molar-refractivity contribution in [2.24, 2.45) is 5.16 Å². The molecule has 2 aromatic carbocycles. The molecule has 0 saturated heterocycles. The first-order chi connectivity index (χ1) is 11.1. The van der Waals surface area contributed by atoms with Crippen molar-refractivity contribution in [3.05, 3.63) is 58.8 Å². The lowest BCUT2D eigenvalue weighted by Gasteiger charge is -2.05. The Morgan fingerprint density at radius 3 is 2.52 bits per heavy atom. The lowest BCUT2D eigenvalue weighted by molar-refractivity contribution is -0.110. The first-order valence-corrected chi connectivity index (χ1v) is 7.08. The van der Waals surface area contributed by atoms with Crippen molar-refractivity contribution >= 4 is 28.6 Å². The molecular formula is C17H13N3O3. The van der Waals surface area contributed by atoms with Crippen LogP contribution in [0.4, 0.5) is 11.4 Å². The molecule has 0 aliphatic carbocycles. The number of carbonyl (C=O) groups is 1. The van der Waals surface area contributed by atoms with Gasteiger partial charge in [0.15, 0.2) is 0 Å². The van der Waals surface area contributed by atoms with Crippen molar-refractivity contribution in [3.8, 4) is 5.75 Å².